The number of nitrogens with zero attached hydrogens (tertiary/aromatic N) is 3. The summed E-state index contributed by atoms with van der Waals surface area (Å²) < 4.78 is 0. The molecule has 1 saturated carbocycles. The van der Waals surface area contributed by atoms with Crippen LogP contribution in [0.5, 0.6) is 0 Å². The lowest BCUT2D eigenvalue weighted by Gasteiger charge is -2.49. The van der Waals surface area contributed by atoms with Crippen molar-refractivity contribution in [2.75, 3.05) is 0 Å². The van der Waals surface area contributed by atoms with Gasteiger partial charge in [0.15, 0.2) is 10.8 Å². The van der Waals surface area contributed by atoms with E-state index in [4.69, 9.17) is 0 Å². The van der Waals surface area contributed by atoms with Crippen molar-refractivity contribution in [2.45, 2.75) is 37.8 Å². The maximum atomic E-state index is 12.7. The van der Waals surface area contributed by atoms with Gasteiger partial charge in [0.25, 0.3) is 0 Å². The van der Waals surface area contributed by atoms with Gasteiger partial charge in [-0.15, -0.1) is 0 Å². The van der Waals surface area contributed by atoms with E-state index in [0.29, 0.717) is 18.4 Å². The van der Waals surface area contributed by atoms with Gasteiger partial charge in [0, 0.05) is 18.3 Å². The Labute approximate surface area is 146 Å². The van der Waals surface area contributed by atoms with Crippen molar-refractivity contribution in [2.24, 2.45) is 16.7 Å². The predicted octanol–water partition coefficient (Wildman–Crippen LogP) is 1.95. The molecule has 2 fully saturated rings. The van der Waals surface area contributed by atoms with E-state index in [1.807, 2.05) is 31.2 Å². The number of aliphatic hydroxyl groups is 1. The van der Waals surface area contributed by atoms with E-state index >= 15 is 0 Å². The molecule has 1 aromatic carbocycles. The molecule has 25 heavy (non-hydrogen) atoms. The van der Waals surface area contributed by atoms with Gasteiger partial charge in [-0.05, 0) is 12.0 Å². The SMILES string of the molecule is CCC[C@@H]1[C@@H](c2ccccc2)C(C#N)(C#N)[C@]2(C#N)C[C@]1(O)NC2=O. The molecule has 0 unspecified atom stereocenters. The fourth-order valence-corrected chi connectivity index (χ4v) is 4.61. The van der Waals surface area contributed by atoms with Crippen LogP contribution in [0.25, 0.3) is 0 Å². The molecule has 1 saturated heterocycles. The third-order valence-corrected chi connectivity index (χ3v) is 5.71. The minimum absolute atomic E-state index is 0.246. The highest BCUT2D eigenvalue weighted by atomic mass is 16.3. The zero-order valence-corrected chi connectivity index (χ0v) is 13.9. The number of carbonyl (C=O) groups is 1. The van der Waals surface area contributed by atoms with Crippen LogP contribution in [0, 0.1) is 50.7 Å². The first-order valence-electron chi connectivity index (χ1n) is 8.28. The molecule has 1 amide bonds. The number of rotatable bonds is 3. The van der Waals surface area contributed by atoms with Gasteiger partial charge in [-0.3, -0.25) is 4.79 Å². The van der Waals surface area contributed by atoms with E-state index in [1.54, 1.807) is 24.3 Å². The van der Waals surface area contributed by atoms with Crippen LogP contribution in [0.3, 0.4) is 0 Å². The largest absolute Gasteiger partial charge is 0.371 e. The lowest BCUT2D eigenvalue weighted by Crippen LogP contribution is -2.57. The van der Waals surface area contributed by atoms with Gasteiger partial charge in [-0.2, -0.15) is 15.8 Å². The van der Waals surface area contributed by atoms with E-state index in [0.717, 1.165) is 0 Å². The van der Waals surface area contributed by atoms with Gasteiger partial charge < -0.3 is 10.4 Å². The number of fused-ring (bicyclic) bond motifs is 2. The number of amides is 1. The summed E-state index contributed by atoms with van der Waals surface area (Å²) in [4.78, 5) is 12.7. The molecule has 0 aromatic heterocycles. The summed E-state index contributed by atoms with van der Waals surface area (Å²) in [6.45, 7) is 1.94. The van der Waals surface area contributed by atoms with Crippen LogP contribution in [0.4, 0.5) is 0 Å². The molecule has 0 radical (unpaired) electrons. The van der Waals surface area contributed by atoms with Gasteiger partial charge in [-0.1, -0.05) is 43.7 Å². The second-order valence-corrected chi connectivity index (χ2v) is 6.89. The standard InChI is InChI=1S/C19H18N4O2/c1-2-6-14-15(13-7-4-3-5-8-13)18(11-21,12-22)17(10-20)9-19(14,25)23-16(17)24/h3-5,7-8,14-15,25H,2,6,9H2,1H3,(H,23,24)/t14-,15-,17+,19-/m1/s1. The number of nitriles is 3. The number of benzene rings is 1. The van der Waals surface area contributed by atoms with E-state index in [9.17, 15) is 25.7 Å². The quantitative estimate of drug-likeness (QED) is 0.875. The van der Waals surface area contributed by atoms with E-state index in [1.165, 1.54) is 0 Å². The maximum absolute atomic E-state index is 12.7. The first-order valence-corrected chi connectivity index (χ1v) is 8.28. The number of nitrogens with one attached hydrogen (secondary N) is 1. The Bertz CT molecular complexity index is 818. The summed E-state index contributed by atoms with van der Waals surface area (Å²) in [7, 11) is 0. The minimum atomic E-state index is -1.89. The van der Waals surface area contributed by atoms with Crippen LogP contribution in [0.2, 0.25) is 0 Å². The van der Waals surface area contributed by atoms with Crippen molar-refractivity contribution in [1.82, 2.24) is 5.32 Å². The molecule has 4 atom stereocenters. The molecule has 126 valence electrons. The summed E-state index contributed by atoms with van der Waals surface area (Å²) in [5.41, 5.74) is -4.68. The van der Waals surface area contributed by atoms with Gasteiger partial charge in [0.1, 0.15) is 5.72 Å². The van der Waals surface area contributed by atoms with E-state index in [-0.39, 0.29) is 6.42 Å². The van der Waals surface area contributed by atoms with Crippen LogP contribution in [0.15, 0.2) is 30.3 Å². The highest BCUT2D eigenvalue weighted by Crippen LogP contribution is 2.65. The van der Waals surface area contributed by atoms with Crippen LogP contribution in [-0.2, 0) is 4.79 Å². The summed E-state index contributed by atoms with van der Waals surface area (Å²) in [5.74, 6) is -2.02. The number of hydrogen-bond acceptors (Lipinski definition) is 5. The Morgan fingerprint density at radius 2 is 1.84 bits per heavy atom. The average molecular weight is 334 g/mol. The number of carbonyl (C=O) groups excluding carboxylic acids is 1. The van der Waals surface area contributed by atoms with Gasteiger partial charge >= 0.3 is 0 Å². The summed E-state index contributed by atoms with van der Waals surface area (Å²) in [6, 6.07) is 14.9. The highest BCUT2D eigenvalue weighted by Gasteiger charge is 2.76. The first-order chi connectivity index (χ1) is 11.9. The molecule has 1 heterocycles. The monoisotopic (exact) mass is 334 g/mol. The minimum Gasteiger partial charge on any atom is -0.371 e. The van der Waals surface area contributed by atoms with Crippen molar-refractivity contribution in [3.8, 4) is 18.2 Å². The first kappa shape index (κ1) is 17.0. The maximum Gasteiger partial charge on any atom is 0.245 e. The fraction of sp³-hybridized carbons (Fsp3) is 0.474. The lowest BCUT2D eigenvalue weighted by molar-refractivity contribution is -0.128. The Balaban J connectivity index is 2.35. The molecule has 2 bridgehead atoms. The second-order valence-electron chi connectivity index (χ2n) is 6.89. The van der Waals surface area contributed by atoms with Crippen molar-refractivity contribution >= 4 is 5.91 Å². The van der Waals surface area contributed by atoms with Crippen LogP contribution < -0.4 is 5.32 Å². The normalized spacial score (nSPS) is 35.1. The summed E-state index contributed by atoms with van der Waals surface area (Å²) in [6.07, 6.45) is 0.978. The van der Waals surface area contributed by atoms with Gasteiger partial charge in [-0.25, -0.2) is 0 Å². The molecule has 0 spiro atoms. The smallest absolute Gasteiger partial charge is 0.245 e. The third kappa shape index (κ3) is 1.94. The highest BCUT2D eigenvalue weighted by molar-refractivity contribution is 5.92. The van der Waals surface area contributed by atoms with Crippen molar-refractivity contribution in [3.63, 3.8) is 0 Å². The topological polar surface area (TPSA) is 121 Å². The zero-order valence-electron chi connectivity index (χ0n) is 13.9. The summed E-state index contributed by atoms with van der Waals surface area (Å²) in [5, 5.41) is 43.5. The average Bonchev–Trinajstić information content (AvgIpc) is 2.88. The Morgan fingerprint density at radius 3 is 2.36 bits per heavy atom. The van der Waals surface area contributed by atoms with Crippen molar-refractivity contribution < 1.29 is 9.90 Å². The zero-order chi connectivity index (χ0) is 18.3. The van der Waals surface area contributed by atoms with Gasteiger partial charge in [0.2, 0.25) is 5.91 Å². The Hall–Kier alpha value is -2.88. The molecular weight excluding hydrogens is 316 g/mol. The van der Waals surface area contributed by atoms with Gasteiger partial charge in [0.05, 0.1) is 18.2 Å². The lowest BCUT2D eigenvalue weighted by atomic mass is 9.48. The molecular formula is C19H18N4O2. The number of hydrogen-bond donors (Lipinski definition) is 2. The molecule has 1 aromatic rings. The molecule has 2 aliphatic rings. The molecule has 3 rings (SSSR count). The fourth-order valence-electron chi connectivity index (χ4n) is 4.61. The van der Waals surface area contributed by atoms with E-state index < -0.39 is 34.3 Å². The van der Waals surface area contributed by atoms with Crippen molar-refractivity contribution in [1.29, 1.82) is 15.8 Å². The predicted molar refractivity (Wildman–Crippen MR) is 87.0 cm³/mol. The van der Waals surface area contributed by atoms with Crippen molar-refractivity contribution in [3.05, 3.63) is 35.9 Å². The molecule has 6 heteroatoms. The van der Waals surface area contributed by atoms with E-state index in [2.05, 4.69) is 5.32 Å². The molecule has 1 aliphatic carbocycles. The second kappa shape index (κ2) is 5.59. The summed E-state index contributed by atoms with van der Waals surface area (Å²) >= 11 is 0. The molecule has 6 nitrogen and oxygen atoms in total. The molecule has 2 N–H and O–H groups in total. The third-order valence-electron chi connectivity index (χ3n) is 5.71. The Morgan fingerprint density at radius 1 is 1.20 bits per heavy atom. The Kier molecular flexibility index (Phi) is 3.79. The van der Waals surface area contributed by atoms with Crippen LogP contribution in [-0.4, -0.2) is 16.7 Å². The van der Waals surface area contributed by atoms with Crippen LogP contribution >= 0.6 is 0 Å². The molecule has 1 aliphatic heterocycles. The van der Waals surface area contributed by atoms with Crippen LogP contribution in [0.1, 0.15) is 37.7 Å².